The second kappa shape index (κ2) is 6.78. The normalized spacial score (nSPS) is 10.3. The minimum Gasteiger partial charge on any atom is -0.488 e. The van der Waals surface area contributed by atoms with Crippen molar-refractivity contribution in [3.63, 3.8) is 0 Å². The lowest BCUT2D eigenvalue weighted by Crippen LogP contribution is -2.01. The fourth-order valence-corrected chi connectivity index (χ4v) is 2.28. The number of halogens is 2. The molecule has 0 saturated carbocycles. The maximum Gasteiger partial charge on any atom is 0.219 e. The van der Waals surface area contributed by atoms with E-state index in [4.69, 9.17) is 21.1 Å². The van der Waals surface area contributed by atoms with Crippen molar-refractivity contribution < 1.29 is 9.47 Å². The molecular weight excluding hydrogens is 330 g/mol. The molecule has 0 aliphatic rings. The summed E-state index contributed by atoms with van der Waals surface area (Å²) in [7, 11) is 1.59. The van der Waals surface area contributed by atoms with Crippen molar-refractivity contribution in [2.45, 2.75) is 12.5 Å². The largest absolute Gasteiger partial charge is 0.488 e. The fourth-order valence-electron chi connectivity index (χ4n) is 1.67. The topological polar surface area (TPSA) is 31.4 Å². The molecule has 5 heteroatoms. The van der Waals surface area contributed by atoms with Gasteiger partial charge in [0.25, 0.3) is 0 Å². The van der Waals surface area contributed by atoms with E-state index in [-0.39, 0.29) is 0 Å². The van der Waals surface area contributed by atoms with Crippen LogP contribution in [-0.2, 0) is 12.5 Å². The molecule has 0 radical (unpaired) electrons. The van der Waals surface area contributed by atoms with Gasteiger partial charge in [0.1, 0.15) is 12.4 Å². The molecule has 0 aliphatic carbocycles. The SMILES string of the molecule is COc1ncccc1COc1ccc(Br)cc1CCl. The van der Waals surface area contributed by atoms with Crippen molar-refractivity contribution in [2.24, 2.45) is 0 Å². The first kappa shape index (κ1) is 14.2. The standard InChI is InChI=1S/C14H13BrClNO2/c1-18-14-10(3-2-6-17-14)9-19-13-5-4-12(15)7-11(13)8-16/h2-7H,8-9H2,1H3. The summed E-state index contributed by atoms with van der Waals surface area (Å²) in [6.07, 6.45) is 1.69. The first-order chi connectivity index (χ1) is 9.24. The Morgan fingerprint density at radius 3 is 2.84 bits per heavy atom. The Morgan fingerprint density at radius 2 is 2.11 bits per heavy atom. The summed E-state index contributed by atoms with van der Waals surface area (Å²) in [5.41, 5.74) is 1.84. The van der Waals surface area contributed by atoms with E-state index in [0.29, 0.717) is 18.4 Å². The minimum atomic E-state index is 0.391. The number of ether oxygens (including phenoxy) is 2. The van der Waals surface area contributed by atoms with Crippen molar-refractivity contribution in [3.8, 4) is 11.6 Å². The highest BCUT2D eigenvalue weighted by Gasteiger charge is 2.07. The highest BCUT2D eigenvalue weighted by atomic mass is 79.9. The third-order valence-electron chi connectivity index (χ3n) is 2.59. The summed E-state index contributed by atoms with van der Waals surface area (Å²) in [6, 6.07) is 9.54. The van der Waals surface area contributed by atoms with Crippen molar-refractivity contribution in [3.05, 3.63) is 52.1 Å². The quantitative estimate of drug-likeness (QED) is 0.764. The van der Waals surface area contributed by atoms with Crippen molar-refractivity contribution in [2.75, 3.05) is 7.11 Å². The van der Waals surface area contributed by atoms with Crippen LogP contribution in [0.2, 0.25) is 0 Å². The highest BCUT2D eigenvalue weighted by molar-refractivity contribution is 9.10. The lowest BCUT2D eigenvalue weighted by atomic mass is 10.2. The number of aromatic nitrogens is 1. The van der Waals surface area contributed by atoms with Crippen LogP contribution >= 0.6 is 27.5 Å². The van der Waals surface area contributed by atoms with Gasteiger partial charge in [-0.25, -0.2) is 4.98 Å². The zero-order chi connectivity index (χ0) is 13.7. The van der Waals surface area contributed by atoms with Crippen molar-refractivity contribution in [1.82, 2.24) is 4.98 Å². The number of benzene rings is 1. The molecule has 0 unspecified atom stereocenters. The van der Waals surface area contributed by atoms with E-state index in [9.17, 15) is 0 Å². The maximum absolute atomic E-state index is 5.91. The van der Waals surface area contributed by atoms with Crippen LogP contribution in [-0.4, -0.2) is 12.1 Å². The Hall–Kier alpha value is -1.26. The first-order valence-electron chi connectivity index (χ1n) is 5.69. The number of hydrogen-bond donors (Lipinski definition) is 0. The van der Waals surface area contributed by atoms with Gasteiger partial charge in [-0.3, -0.25) is 0 Å². The zero-order valence-electron chi connectivity index (χ0n) is 10.4. The Morgan fingerprint density at radius 1 is 1.26 bits per heavy atom. The van der Waals surface area contributed by atoms with Gasteiger partial charge in [0.15, 0.2) is 0 Å². The van der Waals surface area contributed by atoms with Crippen LogP contribution in [0.5, 0.6) is 11.6 Å². The molecular formula is C14H13BrClNO2. The van der Waals surface area contributed by atoms with Gasteiger partial charge in [-0.2, -0.15) is 0 Å². The molecule has 1 aromatic heterocycles. The highest BCUT2D eigenvalue weighted by Crippen LogP contribution is 2.26. The molecule has 0 spiro atoms. The Kier molecular flexibility index (Phi) is 5.05. The molecule has 1 heterocycles. The number of nitrogens with zero attached hydrogens (tertiary/aromatic N) is 1. The maximum atomic E-state index is 5.91. The predicted octanol–water partition coefficient (Wildman–Crippen LogP) is 4.17. The third-order valence-corrected chi connectivity index (χ3v) is 3.37. The Labute approximate surface area is 125 Å². The summed E-state index contributed by atoms with van der Waals surface area (Å²) < 4.78 is 12.0. The van der Waals surface area contributed by atoms with Crippen LogP contribution in [0.1, 0.15) is 11.1 Å². The van der Waals surface area contributed by atoms with Gasteiger partial charge in [0, 0.05) is 16.2 Å². The third kappa shape index (κ3) is 3.61. The molecule has 2 aromatic rings. The van der Waals surface area contributed by atoms with E-state index in [0.717, 1.165) is 21.3 Å². The van der Waals surface area contributed by atoms with E-state index < -0.39 is 0 Å². The molecule has 0 aliphatic heterocycles. The van der Waals surface area contributed by atoms with Gasteiger partial charge in [-0.15, -0.1) is 11.6 Å². The van der Waals surface area contributed by atoms with E-state index in [1.54, 1.807) is 13.3 Å². The molecule has 0 N–H and O–H groups in total. The average molecular weight is 343 g/mol. The lowest BCUT2D eigenvalue weighted by Gasteiger charge is -2.12. The van der Waals surface area contributed by atoms with Gasteiger partial charge in [-0.1, -0.05) is 15.9 Å². The lowest BCUT2D eigenvalue weighted by molar-refractivity contribution is 0.292. The molecule has 19 heavy (non-hydrogen) atoms. The van der Waals surface area contributed by atoms with Gasteiger partial charge < -0.3 is 9.47 Å². The molecule has 3 nitrogen and oxygen atoms in total. The number of methoxy groups -OCH3 is 1. The van der Waals surface area contributed by atoms with Crippen LogP contribution in [0.25, 0.3) is 0 Å². The molecule has 0 bridgehead atoms. The van der Waals surface area contributed by atoms with Gasteiger partial charge in [0.05, 0.1) is 18.6 Å². The molecule has 100 valence electrons. The van der Waals surface area contributed by atoms with Gasteiger partial charge in [0.2, 0.25) is 5.88 Å². The average Bonchev–Trinajstić information content (AvgIpc) is 2.46. The summed E-state index contributed by atoms with van der Waals surface area (Å²) >= 11 is 9.32. The molecule has 1 aromatic carbocycles. The van der Waals surface area contributed by atoms with Crippen LogP contribution in [0.3, 0.4) is 0 Å². The Balaban J connectivity index is 2.14. The van der Waals surface area contributed by atoms with E-state index in [1.165, 1.54) is 0 Å². The van der Waals surface area contributed by atoms with Gasteiger partial charge in [-0.05, 0) is 30.3 Å². The minimum absolute atomic E-state index is 0.391. The molecule has 0 atom stereocenters. The second-order valence-electron chi connectivity index (χ2n) is 3.85. The fraction of sp³-hybridized carbons (Fsp3) is 0.214. The number of hydrogen-bond acceptors (Lipinski definition) is 3. The zero-order valence-corrected chi connectivity index (χ0v) is 12.7. The molecule has 0 saturated heterocycles. The molecule has 2 rings (SSSR count). The number of rotatable bonds is 5. The Bertz CT molecular complexity index is 563. The summed E-state index contributed by atoms with van der Waals surface area (Å²) in [6.45, 7) is 0.391. The summed E-state index contributed by atoms with van der Waals surface area (Å²) in [5.74, 6) is 1.75. The summed E-state index contributed by atoms with van der Waals surface area (Å²) in [4.78, 5) is 4.13. The van der Waals surface area contributed by atoms with E-state index >= 15 is 0 Å². The summed E-state index contributed by atoms with van der Waals surface area (Å²) in [5, 5.41) is 0. The monoisotopic (exact) mass is 341 g/mol. The van der Waals surface area contributed by atoms with Crippen molar-refractivity contribution >= 4 is 27.5 Å². The van der Waals surface area contributed by atoms with Crippen LogP contribution in [0, 0.1) is 0 Å². The van der Waals surface area contributed by atoms with E-state index in [1.807, 2.05) is 30.3 Å². The van der Waals surface area contributed by atoms with Gasteiger partial charge >= 0.3 is 0 Å². The molecule has 0 fully saturated rings. The first-order valence-corrected chi connectivity index (χ1v) is 7.02. The van der Waals surface area contributed by atoms with E-state index in [2.05, 4.69) is 20.9 Å². The predicted molar refractivity (Wildman–Crippen MR) is 78.8 cm³/mol. The smallest absolute Gasteiger partial charge is 0.219 e. The van der Waals surface area contributed by atoms with Crippen molar-refractivity contribution in [1.29, 1.82) is 0 Å². The molecule has 0 amide bonds. The number of alkyl halides is 1. The van der Waals surface area contributed by atoms with Crippen LogP contribution in [0.4, 0.5) is 0 Å². The van der Waals surface area contributed by atoms with Crippen LogP contribution < -0.4 is 9.47 Å². The second-order valence-corrected chi connectivity index (χ2v) is 5.03. The number of pyridine rings is 1. The van der Waals surface area contributed by atoms with Crippen LogP contribution in [0.15, 0.2) is 41.0 Å².